The van der Waals surface area contributed by atoms with Gasteiger partial charge in [0.2, 0.25) is 0 Å². The van der Waals surface area contributed by atoms with Crippen LogP contribution in [0.3, 0.4) is 0 Å². The molecule has 128 valence electrons. The van der Waals surface area contributed by atoms with E-state index in [4.69, 9.17) is 5.11 Å². The van der Waals surface area contributed by atoms with Gasteiger partial charge in [0.25, 0.3) is 0 Å². The molecule has 2 fully saturated rings. The van der Waals surface area contributed by atoms with E-state index in [1.807, 2.05) is 12.1 Å². The maximum absolute atomic E-state index is 9.15. The van der Waals surface area contributed by atoms with E-state index in [2.05, 4.69) is 28.9 Å². The van der Waals surface area contributed by atoms with Gasteiger partial charge in [-0.1, -0.05) is 30.7 Å². The molecule has 0 radical (unpaired) electrons. The number of nitrogens with zero attached hydrogens (tertiary/aromatic N) is 2. The molecule has 2 atom stereocenters. The van der Waals surface area contributed by atoms with Crippen LogP contribution >= 0.6 is 0 Å². The van der Waals surface area contributed by atoms with Gasteiger partial charge >= 0.3 is 0 Å². The molecule has 3 heteroatoms. The molecular weight excluding hydrogens is 284 g/mol. The second kappa shape index (κ2) is 8.27. The standard InChI is InChI=1S/C20H32N2O/c1-17-5-2-3-12-22(17)15-20-6-4-11-21(14-20)13-18-7-9-19(16-23)10-8-18/h7-10,17,20,23H,2-6,11-16H2,1H3. The van der Waals surface area contributed by atoms with E-state index in [-0.39, 0.29) is 6.61 Å². The van der Waals surface area contributed by atoms with Crippen molar-refractivity contribution in [2.24, 2.45) is 5.92 Å². The van der Waals surface area contributed by atoms with Crippen molar-refractivity contribution in [3.05, 3.63) is 35.4 Å². The first-order chi connectivity index (χ1) is 11.2. The minimum absolute atomic E-state index is 0.139. The Labute approximate surface area is 141 Å². The fraction of sp³-hybridized carbons (Fsp3) is 0.700. The van der Waals surface area contributed by atoms with Crippen LogP contribution in [-0.4, -0.2) is 47.1 Å². The van der Waals surface area contributed by atoms with Gasteiger partial charge in [-0.05, 0) is 62.7 Å². The van der Waals surface area contributed by atoms with Gasteiger partial charge < -0.3 is 10.0 Å². The largest absolute Gasteiger partial charge is 0.392 e. The van der Waals surface area contributed by atoms with E-state index in [0.29, 0.717) is 0 Å². The third-order valence-electron chi connectivity index (χ3n) is 5.65. The SMILES string of the molecule is CC1CCCCN1CC1CCCN(Cc2ccc(CO)cc2)C1. The van der Waals surface area contributed by atoms with E-state index in [1.165, 1.54) is 63.8 Å². The number of piperidine rings is 2. The Balaban J connectivity index is 1.51. The molecule has 23 heavy (non-hydrogen) atoms. The van der Waals surface area contributed by atoms with Gasteiger partial charge in [-0.25, -0.2) is 0 Å². The molecule has 2 saturated heterocycles. The molecule has 0 aromatic heterocycles. The molecule has 1 aromatic carbocycles. The third kappa shape index (κ3) is 4.79. The number of aliphatic hydroxyl groups is 1. The van der Waals surface area contributed by atoms with Crippen LogP contribution in [0.25, 0.3) is 0 Å². The maximum atomic E-state index is 9.15. The lowest BCUT2D eigenvalue weighted by atomic mass is 9.94. The number of likely N-dealkylation sites (tertiary alicyclic amines) is 2. The van der Waals surface area contributed by atoms with E-state index in [0.717, 1.165) is 24.1 Å². The molecule has 0 amide bonds. The van der Waals surface area contributed by atoms with Crippen molar-refractivity contribution >= 4 is 0 Å². The Morgan fingerprint density at radius 2 is 1.78 bits per heavy atom. The molecule has 0 saturated carbocycles. The monoisotopic (exact) mass is 316 g/mol. The van der Waals surface area contributed by atoms with Gasteiger partial charge in [0.05, 0.1) is 6.61 Å². The fourth-order valence-corrected chi connectivity index (χ4v) is 4.21. The Morgan fingerprint density at radius 1 is 1.00 bits per heavy atom. The molecule has 2 heterocycles. The van der Waals surface area contributed by atoms with Crippen molar-refractivity contribution < 1.29 is 5.11 Å². The zero-order valence-corrected chi connectivity index (χ0v) is 14.6. The van der Waals surface area contributed by atoms with Crippen molar-refractivity contribution in [3.8, 4) is 0 Å². The van der Waals surface area contributed by atoms with Crippen LogP contribution in [0.2, 0.25) is 0 Å². The van der Waals surface area contributed by atoms with Crippen molar-refractivity contribution in [2.45, 2.75) is 58.2 Å². The highest BCUT2D eigenvalue weighted by Crippen LogP contribution is 2.23. The number of benzene rings is 1. The zero-order chi connectivity index (χ0) is 16.1. The summed E-state index contributed by atoms with van der Waals surface area (Å²) in [5, 5.41) is 9.15. The molecule has 0 spiro atoms. The normalized spacial score (nSPS) is 27.2. The van der Waals surface area contributed by atoms with Crippen molar-refractivity contribution in [1.29, 1.82) is 0 Å². The molecule has 0 aliphatic carbocycles. The minimum Gasteiger partial charge on any atom is -0.392 e. The van der Waals surface area contributed by atoms with Gasteiger partial charge in [-0.15, -0.1) is 0 Å². The van der Waals surface area contributed by atoms with Crippen molar-refractivity contribution in [3.63, 3.8) is 0 Å². The predicted molar refractivity (Wildman–Crippen MR) is 95.3 cm³/mol. The van der Waals surface area contributed by atoms with Gasteiger partial charge in [-0.2, -0.15) is 0 Å². The number of aliphatic hydroxyl groups excluding tert-OH is 1. The minimum atomic E-state index is 0.139. The van der Waals surface area contributed by atoms with E-state index >= 15 is 0 Å². The van der Waals surface area contributed by atoms with E-state index < -0.39 is 0 Å². The number of hydrogen-bond acceptors (Lipinski definition) is 3. The van der Waals surface area contributed by atoms with Crippen LogP contribution in [0.15, 0.2) is 24.3 Å². The van der Waals surface area contributed by atoms with Gasteiger partial charge in [0.15, 0.2) is 0 Å². The molecule has 3 nitrogen and oxygen atoms in total. The van der Waals surface area contributed by atoms with Crippen LogP contribution in [0.5, 0.6) is 0 Å². The highest BCUT2D eigenvalue weighted by Gasteiger charge is 2.25. The topological polar surface area (TPSA) is 26.7 Å². The molecule has 2 unspecified atom stereocenters. The molecule has 1 aromatic rings. The molecular formula is C20H32N2O. The van der Waals surface area contributed by atoms with Crippen molar-refractivity contribution in [2.75, 3.05) is 26.2 Å². The molecule has 1 N–H and O–H groups in total. The predicted octanol–water partition coefficient (Wildman–Crippen LogP) is 3.27. The van der Waals surface area contributed by atoms with Gasteiger partial charge in [0.1, 0.15) is 0 Å². The quantitative estimate of drug-likeness (QED) is 0.903. The Bertz CT molecular complexity index is 473. The van der Waals surface area contributed by atoms with Crippen molar-refractivity contribution in [1.82, 2.24) is 9.80 Å². The lowest BCUT2D eigenvalue weighted by Gasteiger charge is -2.39. The molecule has 3 rings (SSSR count). The Hall–Kier alpha value is -0.900. The summed E-state index contributed by atoms with van der Waals surface area (Å²) in [5.41, 5.74) is 2.37. The average Bonchev–Trinajstić information content (AvgIpc) is 2.58. The smallest absolute Gasteiger partial charge is 0.0681 e. The number of hydrogen-bond donors (Lipinski definition) is 1. The number of rotatable bonds is 5. The molecule has 0 bridgehead atoms. The highest BCUT2D eigenvalue weighted by molar-refractivity contribution is 5.21. The van der Waals surface area contributed by atoms with Gasteiger partial charge in [0, 0.05) is 25.7 Å². The second-order valence-electron chi connectivity index (χ2n) is 7.56. The summed E-state index contributed by atoms with van der Waals surface area (Å²) in [7, 11) is 0. The first kappa shape index (κ1) is 16.9. The summed E-state index contributed by atoms with van der Waals surface area (Å²) in [6, 6.07) is 9.22. The van der Waals surface area contributed by atoms with Crippen LogP contribution in [0.4, 0.5) is 0 Å². The molecule has 2 aliphatic rings. The third-order valence-corrected chi connectivity index (χ3v) is 5.65. The zero-order valence-electron chi connectivity index (χ0n) is 14.6. The lowest BCUT2D eigenvalue weighted by Crippen LogP contribution is -2.45. The Kier molecular flexibility index (Phi) is 6.09. The molecule has 2 aliphatic heterocycles. The Morgan fingerprint density at radius 3 is 2.52 bits per heavy atom. The van der Waals surface area contributed by atoms with Crippen LogP contribution in [-0.2, 0) is 13.2 Å². The summed E-state index contributed by atoms with van der Waals surface area (Å²) in [6.45, 7) is 8.67. The second-order valence-corrected chi connectivity index (χ2v) is 7.56. The summed E-state index contributed by atoms with van der Waals surface area (Å²) in [5.74, 6) is 0.834. The van der Waals surface area contributed by atoms with Crippen LogP contribution in [0, 0.1) is 5.92 Å². The fourth-order valence-electron chi connectivity index (χ4n) is 4.21. The first-order valence-corrected chi connectivity index (χ1v) is 9.39. The summed E-state index contributed by atoms with van der Waals surface area (Å²) in [6.07, 6.45) is 6.91. The lowest BCUT2D eigenvalue weighted by molar-refractivity contribution is 0.0912. The van der Waals surface area contributed by atoms with Gasteiger partial charge in [-0.3, -0.25) is 4.90 Å². The maximum Gasteiger partial charge on any atom is 0.0681 e. The van der Waals surface area contributed by atoms with E-state index in [9.17, 15) is 0 Å². The summed E-state index contributed by atoms with van der Waals surface area (Å²) >= 11 is 0. The van der Waals surface area contributed by atoms with Crippen LogP contribution in [0.1, 0.15) is 50.2 Å². The van der Waals surface area contributed by atoms with Crippen LogP contribution < -0.4 is 0 Å². The summed E-state index contributed by atoms with van der Waals surface area (Å²) in [4.78, 5) is 5.35. The highest BCUT2D eigenvalue weighted by atomic mass is 16.3. The summed E-state index contributed by atoms with van der Waals surface area (Å²) < 4.78 is 0. The first-order valence-electron chi connectivity index (χ1n) is 9.39. The average molecular weight is 316 g/mol. The van der Waals surface area contributed by atoms with E-state index in [1.54, 1.807) is 0 Å².